The van der Waals surface area contributed by atoms with E-state index in [1.807, 2.05) is 0 Å². The van der Waals surface area contributed by atoms with Crippen LogP contribution in [-0.4, -0.2) is 23.9 Å². The van der Waals surface area contributed by atoms with Crippen molar-refractivity contribution >= 4 is 12.2 Å². The fourth-order valence-corrected chi connectivity index (χ4v) is 0.546. The molecule has 0 unspecified atom stereocenters. The Labute approximate surface area is 68.2 Å². The van der Waals surface area contributed by atoms with E-state index < -0.39 is 12.6 Å². The van der Waals surface area contributed by atoms with Crippen LogP contribution in [0.1, 0.15) is 5.76 Å². The maximum absolute atomic E-state index is 9.94. The van der Waals surface area contributed by atoms with Crippen LogP contribution in [0, 0.1) is 0 Å². The van der Waals surface area contributed by atoms with Crippen molar-refractivity contribution in [2.75, 3.05) is 6.61 Å². The van der Waals surface area contributed by atoms with Crippen molar-refractivity contribution in [2.45, 2.75) is 0 Å². The molecule has 0 saturated carbocycles. The summed E-state index contributed by atoms with van der Waals surface area (Å²) in [5, 5.41) is 11.5. The predicted octanol–water partition coefficient (Wildman–Crippen LogP) is 0.715. The highest BCUT2D eigenvalue weighted by molar-refractivity contribution is 5.75. The minimum Gasteiger partial charge on any atom is -0.479 e. The number of carboxylic acid groups (broad SMARTS) is 1. The average molecular weight is 169 g/mol. The van der Waals surface area contributed by atoms with Crippen LogP contribution in [0.15, 0.2) is 28.0 Å². The van der Waals surface area contributed by atoms with Gasteiger partial charge in [0.2, 0.25) is 6.61 Å². The average Bonchev–Trinajstić information content (AvgIpc) is 2.49. The second kappa shape index (κ2) is 4.17. The van der Waals surface area contributed by atoms with Crippen LogP contribution in [0.2, 0.25) is 0 Å². The van der Waals surface area contributed by atoms with Crippen molar-refractivity contribution in [3.63, 3.8) is 0 Å². The summed E-state index contributed by atoms with van der Waals surface area (Å²) in [6.45, 7) is -0.447. The molecule has 0 bridgehead atoms. The second-order valence-corrected chi connectivity index (χ2v) is 1.92. The Morgan fingerprint density at radius 1 is 1.83 bits per heavy atom. The van der Waals surface area contributed by atoms with Gasteiger partial charge in [0.25, 0.3) is 0 Å². The first-order valence-electron chi connectivity index (χ1n) is 3.19. The number of aliphatic carboxylic acids is 1. The summed E-state index contributed by atoms with van der Waals surface area (Å²) < 4.78 is 4.86. The molecule has 0 saturated heterocycles. The molecular formula is C7H7NO4. The van der Waals surface area contributed by atoms with Crippen LogP contribution in [0.25, 0.3) is 0 Å². The number of nitrogens with zero attached hydrogens (tertiary/aromatic N) is 1. The molecule has 0 aliphatic carbocycles. The molecule has 0 fully saturated rings. The monoisotopic (exact) mass is 169 g/mol. The van der Waals surface area contributed by atoms with E-state index in [2.05, 4.69) is 9.99 Å². The summed E-state index contributed by atoms with van der Waals surface area (Å²) in [6, 6.07) is 3.37. The minimum atomic E-state index is -1.06. The molecule has 0 spiro atoms. The fourth-order valence-electron chi connectivity index (χ4n) is 0.546. The normalized spacial score (nSPS) is 10.3. The van der Waals surface area contributed by atoms with Crippen LogP contribution in [0.5, 0.6) is 0 Å². The molecule has 1 aromatic rings. The van der Waals surface area contributed by atoms with Gasteiger partial charge in [0.15, 0.2) is 0 Å². The molecule has 64 valence electrons. The number of carboxylic acids is 1. The first-order chi connectivity index (χ1) is 5.79. The topological polar surface area (TPSA) is 72.0 Å². The SMILES string of the molecule is O=C(O)CO/N=C\c1ccco1. The van der Waals surface area contributed by atoms with Gasteiger partial charge in [0, 0.05) is 0 Å². The maximum atomic E-state index is 9.94. The van der Waals surface area contributed by atoms with Crippen LogP contribution in [-0.2, 0) is 9.63 Å². The van der Waals surface area contributed by atoms with Gasteiger partial charge in [0.05, 0.1) is 6.26 Å². The van der Waals surface area contributed by atoms with E-state index in [0.717, 1.165) is 0 Å². The van der Waals surface area contributed by atoms with Crippen molar-refractivity contribution in [1.82, 2.24) is 0 Å². The Bertz CT molecular complexity index is 265. The summed E-state index contributed by atoms with van der Waals surface area (Å²) in [5.41, 5.74) is 0. The van der Waals surface area contributed by atoms with E-state index in [9.17, 15) is 4.79 Å². The van der Waals surface area contributed by atoms with Crippen LogP contribution < -0.4 is 0 Å². The molecule has 5 heteroatoms. The predicted molar refractivity (Wildman–Crippen MR) is 39.9 cm³/mol. The van der Waals surface area contributed by atoms with Gasteiger partial charge in [-0.25, -0.2) is 4.79 Å². The third kappa shape index (κ3) is 2.87. The molecule has 0 aliphatic heterocycles. The zero-order valence-electron chi connectivity index (χ0n) is 6.14. The third-order valence-corrected chi connectivity index (χ3v) is 0.986. The first kappa shape index (κ1) is 8.32. The van der Waals surface area contributed by atoms with Gasteiger partial charge in [-0.15, -0.1) is 0 Å². The maximum Gasteiger partial charge on any atom is 0.344 e. The lowest BCUT2D eigenvalue weighted by atomic mass is 10.5. The molecule has 1 aromatic heterocycles. The van der Waals surface area contributed by atoms with Crippen LogP contribution in [0.4, 0.5) is 0 Å². The number of hydrogen-bond donors (Lipinski definition) is 1. The standard InChI is InChI=1S/C7H7NO4/c9-7(10)5-12-8-4-6-2-1-3-11-6/h1-4H,5H2,(H,9,10)/b8-4-. The van der Waals surface area contributed by atoms with Crippen LogP contribution >= 0.6 is 0 Å². The molecule has 1 heterocycles. The summed E-state index contributed by atoms with van der Waals surface area (Å²) in [5.74, 6) is -0.549. The minimum absolute atomic E-state index is 0.447. The van der Waals surface area contributed by atoms with Gasteiger partial charge in [0.1, 0.15) is 12.0 Å². The molecule has 0 radical (unpaired) electrons. The second-order valence-electron chi connectivity index (χ2n) is 1.92. The zero-order valence-corrected chi connectivity index (χ0v) is 6.14. The lowest BCUT2D eigenvalue weighted by Gasteiger charge is -1.90. The Kier molecular flexibility index (Phi) is 2.89. The first-order valence-corrected chi connectivity index (χ1v) is 3.19. The Balaban J connectivity index is 2.27. The largest absolute Gasteiger partial charge is 0.479 e. The fraction of sp³-hybridized carbons (Fsp3) is 0.143. The van der Waals surface area contributed by atoms with E-state index in [1.165, 1.54) is 12.5 Å². The van der Waals surface area contributed by atoms with Gasteiger partial charge in [-0.2, -0.15) is 0 Å². The highest BCUT2D eigenvalue weighted by atomic mass is 16.6. The number of oxime groups is 1. The number of furan rings is 1. The number of carbonyl (C=O) groups is 1. The lowest BCUT2D eigenvalue weighted by Crippen LogP contribution is -2.03. The molecular weight excluding hydrogens is 162 g/mol. The zero-order chi connectivity index (χ0) is 8.81. The Hall–Kier alpha value is -1.78. The van der Waals surface area contributed by atoms with Crippen LogP contribution in [0.3, 0.4) is 0 Å². The molecule has 0 aromatic carbocycles. The van der Waals surface area contributed by atoms with Crippen molar-refractivity contribution < 1.29 is 19.2 Å². The van der Waals surface area contributed by atoms with Crippen molar-refractivity contribution in [2.24, 2.45) is 5.16 Å². The Morgan fingerprint density at radius 3 is 3.25 bits per heavy atom. The molecule has 1 N–H and O–H groups in total. The van der Waals surface area contributed by atoms with Gasteiger partial charge >= 0.3 is 5.97 Å². The van der Waals surface area contributed by atoms with Gasteiger partial charge < -0.3 is 14.4 Å². The van der Waals surface area contributed by atoms with E-state index in [-0.39, 0.29) is 0 Å². The Morgan fingerprint density at radius 2 is 2.67 bits per heavy atom. The summed E-state index contributed by atoms with van der Waals surface area (Å²) in [4.78, 5) is 14.3. The summed E-state index contributed by atoms with van der Waals surface area (Å²) >= 11 is 0. The van der Waals surface area contributed by atoms with Gasteiger partial charge in [-0.05, 0) is 12.1 Å². The highest BCUT2D eigenvalue weighted by Gasteiger charge is 1.93. The van der Waals surface area contributed by atoms with E-state index in [4.69, 9.17) is 9.52 Å². The number of hydrogen-bond acceptors (Lipinski definition) is 4. The molecule has 0 atom stereocenters. The number of rotatable bonds is 4. The smallest absolute Gasteiger partial charge is 0.344 e. The van der Waals surface area contributed by atoms with E-state index >= 15 is 0 Å². The van der Waals surface area contributed by atoms with Crippen molar-refractivity contribution in [3.05, 3.63) is 24.2 Å². The quantitative estimate of drug-likeness (QED) is 0.532. The van der Waals surface area contributed by atoms with E-state index in [0.29, 0.717) is 5.76 Å². The van der Waals surface area contributed by atoms with E-state index in [1.54, 1.807) is 12.1 Å². The summed E-state index contributed by atoms with van der Waals surface area (Å²) in [6.07, 6.45) is 2.78. The molecule has 0 amide bonds. The molecule has 1 rings (SSSR count). The van der Waals surface area contributed by atoms with Gasteiger partial charge in [-0.1, -0.05) is 5.16 Å². The van der Waals surface area contributed by atoms with Crippen molar-refractivity contribution in [3.8, 4) is 0 Å². The molecule has 12 heavy (non-hydrogen) atoms. The van der Waals surface area contributed by atoms with Gasteiger partial charge in [-0.3, -0.25) is 0 Å². The third-order valence-electron chi connectivity index (χ3n) is 0.986. The lowest BCUT2D eigenvalue weighted by molar-refractivity contribution is -0.142. The van der Waals surface area contributed by atoms with Crippen molar-refractivity contribution in [1.29, 1.82) is 0 Å². The summed E-state index contributed by atoms with van der Waals surface area (Å²) in [7, 11) is 0. The highest BCUT2D eigenvalue weighted by Crippen LogP contribution is 1.94. The molecule has 0 aliphatic rings. The molecule has 5 nitrogen and oxygen atoms in total.